The fraction of sp³-hybridized carbons (Fsp3) is 0.667. The number of nitrogens with one attached hydrogen (secondary N) is 1. The van der Waals surface area contributed by atoms with Gasteiger partial charge in [0.25, 0.3) is 0 Å². The number of benzene rings is 1. The van der Waals surface area contributed by atoms with E-state index >= 15 is 0 Å². The molecule has 2 nitrogen and oxygen atoms in total. The maximum atomic E-state index is 3.56. The van der Waals surface area contributed by atoms with Gasteiger partial charge in [-0.25, -0.2) is 0 Å². The van der Waals surface area contributed by atoms with E-state index in [2.05, 4.69) is 68.5 Å². The summed E-state index contributed by atoms with van der Waals surface area (Å²) in [6.45, 7) is 7.07. The molecule has 1 fully saturated rings. The Morgan fingerprint density at radius 2 is 1.85 bits per heavy atom. The summed E-state index contributed by atoms with van der Waals surface area (Å²) in [6, 6.07) is 11.5. The van der Waals surface area contributed by atoms with Gasteiger partial charge in [0.1, 0.15) is 0 Å². The molecule has 0 aliphatic heterocycles. The third-order valence-corrected chi connectivity index (χ3v) is 4.87. The summed E-state index contributed by atoms with van der Waals surface area (Å²) in [7, 11) is 4.38. The number of hydrogen-bond donors (Lipinski definition) is 1. The summed E-state index contributed by atoms with van der Waals surface area (Å²) in [4.78, 5) is 2.48. The summed E-state index contributed by atoms with van der Waals surface area (Å²) in [5.74, 6) is 2.44. The molecule has 0 heterocycles. The van der Waals surface area contributed by atoms with Gasteiger partial charge in [0.2, 0.25) is 0 Å². The van der Waals surface area contributed by atoms with Crippen molar-refractivity contribution in [1.82, 2.24) is 10.2 Å². The van der Waals surface area contributed by atoms with Gasteiger partial charge >= 0.3 is 0 Å². The van der Waals surface area contributed by atoms with E-state index in [0.717, 1.165) is 24.3 Å². The molecule has 1 saturated carbocycles. The van der Waals surface area contributed by atoms with Gasteiger partial charge in [-0.1, -0.05) is 44.2 Å². The minimum Gasteiger partial charge on any atom is -0.317 e. The largest absolute Gasteiger partial charge is 0.317 e. The summed E-state index contributed by atoms with van der Waals surface area (Å²) in [6.07, 6.45) is 2.70. The van der Waals surface area contributed by atoms with E-state index in [9.17, 15) is 0 Å². The Kier molecular flexibility index (Phi) is 5.62. The van der Waals surface area contributed by atoms with E-state index in [4.69, 9.17) is 0 Å². The minimum atomic E-state index is 0.673. The second kappa shape index (κ2) is 7.24. The zero-order valence-corrected chi connectivity index (χ0v) is 13.5. The molecular formula is C18H30N2. The van der Waals surface area contributed by atoms with Crippen LogP contribution < -0.4 is 5.32 Å². The van der Waals surface area contributed by atoms with Crippen LogP contribution in [0.15, 0.2) is 30.3 Å². The number of hydrogen-bond acceptors (Lipinski definition) is 2. The highest BCUT2D eigenvalue weighted by Gasteiger charge is 2.33. The zero-order valence-electron chi connectivity index (χ0n) is 13.5. The Labute approximate surface area is 124 Å². The van der Waals surface area contributed by atoms with Crippen LogP contribution >= 0.6 is 0 Å². The van der Waals surface area contributed by atoms with Crippen LogP contribution in [0.3, 0.4) is 0 Å². The van der Waals surface area contributed by atoms with Crippen molar-refractivity contribution in [2.24, 2.45) is 17.8 Å². The first kappa shape index (κ1) is 15.5. The lowest BCUT2D eigenvalue weighted by Gasteiger charge is -2.41. The first-order valence-corrected chi connectivity index (χ1v) is 8.00. The highest BCUT2D eigenvalue weighted by molar-refractivity contribution is 5.14. The fourth-order valence-electron chi connectivity index (χ4n) is 3.87. The lowest BCUT2D eigenvalue weighted by atomic mass is 9.72. The highest BCUT2D eigenvalue weighted by Crippen LogP contribution is 2.34. The van der Waals surface area contributed by atoms with Crippen molar-refractivity contribution < 1.29 is 0 Å². The van der Waals surface area contributed by atoms with Crippen molar-refractivity contribution >= 4 is 0 Å². The van der Waals surface area contributed by atoms with E-state index in [1.807, 2.05) is 0 Å². The molecule has 0 aromatic heterocycles. The second-order valence-electron chi connectivity index (χ2n) is 6.80. The van der Waals surface area contributed by atoms with Crippen LogP contribution in [0.5, 0.6) is 0 Å². The van der Waals surface area contributed by atoms with Crippen LogP contribution in [0.4, 0.5) is 0 Å². The predicted octanol–water partition coefficient (Wildman–Crippen LogP) is 3.39. The smallest absolute Gasteiger partial charge is 0.0230 e. The van der Waals surface area contributed by atoms with Crippen LogP contribution in [0, 0.1) is 17.8 Å². The Hall–Kier alpha value is -0.860. The van der Waals surface area contributed by atoms with Gasteiger partial charge in [0.15, 0.2) is 0 Å². The summed E-state index contributed by atoms with van der Waals surface area (Å²) in [5.41, 5.74) is 1.41. The van der Waals surface area contributed by atoms with Crippen molar-refractivity contribution in [2.75, 3.05) is 20.6 Å². The molecule has 2 heteroatoms. The van der Waals surface area contributed by atoms with Crippen molar-refractivity contribution in [1.29, 1.82) is 0 Å². The lowest BCUT2D eigenvalue weighted by molar-refractivity contribution is 0.113. The van der Waals surface area contributed by atoms with Gasteiger partial charge in [-0.15, -0.1) is 0 Å². The van der Waals surface area contributed by atoms with Crippen LogP contribution in [0.1, 0.15) is 32.3 Å². The summed E-state index contributed by atoms with van der Waals surface area (Å²) >= 11 is 0. The molecule has 112 valence electrons. The van der Waals surface area contributed by atoms with Crippen LogP contribution in [0.25, 0.3) is 0 Å². The molecule has 0 radical (unpaired) electrons. The Morgan fingerprint density at radius 1 is 1.15 bits per heavy atom. The molecule has 1 aromatic rings. The molecule has 1 aromatic carbocycles. The van der Waals surface area contributed by atoms with Crippen molar-refractivity contribution in [3.05, 3.63) is 35.9 Å². The van der Waals surface area contributed by atoms with Gasteiger partial charge in [-0.05, 0) is 50.3 Å². The van der Waals surface area contributed by atoms with E-state index in [1.165, 1.54) is 24.9 Å². The maximum Gasteiger partial charge on any atom is 0.0230 e. The molecular weight excluding hydrogens is 244 g/mol. The van der Waals surface area contributed by atoms with Crippen molar-refractivity contribution in [2.45, 2.75) is 39.3 Å². The first-order valence-electron chi connectivity index (χ1n) is 8.00. The normalized spacial score (nSPS) is 30.6. The molecule has 1 N–H and O–H groups in total. The van der Waals surface area contributed by atoms with Gasteiger partial charge in [0.05, 0.1) is 0 Å². The monoisotopic (exact) mass is 274 g/mol. The molecule has 0 bridgehead atoms. The van der Waals surface area contributed by atoms with E-state index in [-0.39, 0.29) is 0 Å². The SMILES string of the molecule is CNC1CC(C)CC(C)C1CN(C)Cc1ccccc1. The standard InChI is InChI=1S/C18H30N2/c1-14-10-15(2)17(18(11-14)19-3)13-20(4)12-16-8-6-5-7-9-16/h5-9,14-15,17-19H,10-13H2,1-4H3. The van der Waals surface area contributed by atoms with Gasteiger partial charge in [-0.3, -0.25) is 0 Å². The third-order valence-electron chi connectivity index (χ3n) is 4.87. The minimum absolute atomic E-state index is 0.673. The molecule has 0 amide bonds. The number of nitrogens with zero attached hydrogens (tertiary/aromatic N) is 1. The van der Waals surface area contributed by atoms with Gasteiger partial charge < -0.3 is 10.2 Å². The van der Waals surface area contributed by atoms with E-state index < -0.39 is 0 Å². The molecule has 4 unspecified atom stereocenters. The predicted molar refractivity (Wildman–Crippen MR) is 86.7 cm³/mol. The molecule has 2 rings (SSSR count). The Morgan fingerprint density at radius 3 is 2.50 bits per heavy atom. The highest BCUT2D eigenvalue weighted by atomic mass is 15.1. The average Bonchev–Trinajstić information content (AvgIpc) is 2.42. The molecule has 0 spiro atoms. The van der Waals surface area contributed by atoms with E-state index in [0.29, 0.717) is 6.04 Å². The molecule has 20 heavy (non-hydrogen) atoms. The lowest BCUT2D eigenvalue weighted by Crippen LogP contribution is -2.47. The molecule has 0 saturated heterocycles. The fourth-order valence-corrected chi connectivity index (χ4v) is 3.87. The third kappa shape index (κ3) is 4.07. The van der Waals surface area contributed by atoms with E-state index in [1.54, 1.807) is 0 Å². The van der Waals surface area contributed by atoms with Crippen molar-refractivity contribution in [3.63, 3.8) is 0 Å². The molecule has 4 atom stereocenters. The van der Waals surface area contributed by atoms with Gasteiger partial charge in [0, 0.05) is 19.1 Å². The van der Waals surface area contributed by atoms with Gasteiger partial charge in [-0.2, -0.15) is 0 Å². The number of rotatable bonds is 5. The Bertz CT molecular complexity index is 390. The first-order chi connectivity index (χ1) is 9.60. The van der Waals surface area contributed by atoms with Crippen LogP contribution in [0.2, 0.25) is 0 Å². The quantitative estimate of drug-likeness (QED) is 0.885. The topological polar surface area (TPSA) is 15.3 Å². The summed E-state index contributed by atoms with van der Waals surface area (Å²) < 4.78 is 0. The summed E-state index contributed by atoms with van der Waals surface area (Å²) in [5, 5.41) is 3.56. The van der Waals surface area contributed by atoms with Crippen molar-refractivity contribution in [3.8, 4) is 0 Å². The average molecular weight is 274 g/mol. The second-order valence-corrected chi connectivity index (χ2v) is 6.80. The van der Waals surface area contributed by atoms with Crippen LogP contribution in [-0.4, -0.2) is 31.6 Å². The van der Waals surface area contributed by atoms with Crippen LogP contribution in [-0.2, 0) is 6.54 Å². The Balaban J connectivity index is 1.93. The zero-order chi connectivity index (χ0) is 14.5. The molecule has 1 aliphatic rings. The molecule has 1 aliphatic carbocycles. The maximum absolute atomic E-state index is 3.56.